The van der Waals surface area contributed by atoms with Crippen LogP contribution in [-0.4, -0.2) is 24.2 Å². The minimum atomic E-state index is -0.925. The summed E-state index contributed by atoms with van der Waals surface area (Å²) in [5, 5.41) is 11.1. The van der Waals surface area contributed by atoms with E-state index in [1.54, 1.807) is 6.92 Å². The molecule has 1 aromatic rings. The number of carbonyl (C=O) groups excluding carboxylic acids is 1. The van der Waals surface area contributed by atoms with Gasteiger partial charge in [-0.05, 0) is 18.1 Å². The van der Waals surface area contributed by atoms with E-state index in [9.17, 15) is 13.6 Å². The van der Waals surface area contributed by atoms with Gasteiger partial charge >= 0.3 is 0 Å². The van der Waals surface area contributed by atoms with Gasteiger partial charge in [-0.2, -0.15) is 0 Å². The molecule has 1 amide bonds. The number of halogens is 3. The Morgan fingerprint density at radius 1 is 1.47 bits per heavy atom. The largest absolute Gasteiger partial charge is 0.396 e. The van der Waals surface area contributed by atoms with Gasteiger partial charge < -0.3 is 10.4 Å². The minimum Gasteiger partial charge on any atom is -0.396 e. The van der Waals surface area contributed by atoms with Crippen LogP contribution in [0.25, 0.3) is 0 Å². The molecule has 1 aromatic carbocycles. The Bertz CT molecular complexity index is 403. The number of rotatable bonds is 4. The van der Waals surface area contributed by atoms with Crippen molar-refractivity contribution in [3.05, 3.63) is 33.8 Å². The quantitative estimate of drug-likeness (QED) is 0.895. The molecule has 1 unspecified atom stereocenters. The molecule has 3 nitrogen and oxygen atoms in total. The van der Waals surface area contributed by atoms with Crippen molar-refractivity contribution < 1.29 is 18.7 Å². The lowest BCUT2D eigenvalue weighted by Gasteiger charge is -2.10. The van der Waals surface area contributed by atoms with Crippen molar-refractivity contribution >= 4 is 21.8 Å². The van der Waals surface area contributed by atoms with Crippen LogP contribution in [0.1, 0.15) is 17.3 Å². The van der Waals surface area contributed by atoms with Crippen molar-refractivity contribution in [2.75, 3.05) is 13.2 Å². The zero-order valence-corrected chi connectivity index (χ0v) is 10.7. The van der Waals surface area contributed by atoms with Crippen LogP contribution in [0.2, 0.25) is 0 Å². The topological polar surface area (TPSA) is 49.3 Å². The van der Waals surface area contributed by atoms with Crippen LogP contribution in [0.3, 0.4) is 0 Å². The number of hydrogen-bond acceptors (Lipinski definition) is 2. The van der Waals surface area contributed by atoms with E-state index in [1.165, 1.54) is 0 Å². The zero-order chi connectivity index (χ0) is 13.0. The van der Waals surface area contributed by atoms with E-state index in [0.29, 0.717) is 0 Å². The molecule has 0 spiro atoms. The van der Waals surface area contributed by atoms with Gasteiger partial charge in [0.05, 0.1) is 0 Å². The Balaban J connectivity index is 2.82. The van der Waals surface area contributed by atoms with Crippen molar-refractivity contribution in [2.24, 2.45) is 5.92 Å². The lowest BCUT2D eigenvalue weighted by Crippen LogP contribution is -2.30. The molecule has 0 bridgehead atoms. The van der Waals surface area contributed by atoms with Gasteiger partial charge in [0.1, 0.15) is 17.2 Å². The number of aliphatic hydroxyl groups is 1. The molecule has 0 aliphatic carbocycles. The fourth-order valence-corrected chi connectivity index (χ4v) is 1.58. The summed E-state index contributed by atoms with van der Waals surface area (Å²) >= 11 is 2.92. The first-order chi connectivity index (χ1) is 7.95. The Hall–Kier alpha value is -1.01. The molecule has 0 aromatic heterocycles. The Morgan fingerprint density at radius 2 is 2.00 bits per heavy atom. The standard InChI is InChI=1S/C11H12BrF2NO2/c1-6(5-16)4-15-11(17)10-8(13)2-7(12)3-9(10)14/h2-3,6,16H,4-5H2,1H3,(H,15,17). The molecule has 1 atom stereocenters. The lowest BCUT2D eigenvalue weighted by molar-refractivity contribution is 0.0934. The maximum Gasteiger partial charge on any atom is 0.257 e. The van der Waals surface area contributed by atoms with Crippen molar-refractivity contribution in [1.29, 1.82) is 0 Å². The van der Waals surface area contributed by atoms with E-state index >= 15 is 0 Å². The number of aliphatic hydroxyl groups excluding tert-OH is 1. The van der Waals surface area contributed by atoms with E-state index in [2.05, 4.69) is 21.2 Å². The second-order valence-electron chi connectivity index (χ2n) is 3.74. The zero-order valence-electron chi connectivity index (χ0n) is 9.14. The second-order valence-corrected chi connectivity index (χ2v) is 4.66. The molecule has 1 rings (SSSR count). The number of hydrogen-bond donors (Lipinski definition) is 2. The van der Waals surface area contributed by atoms with Crippen LogP contribution in [-0.2, 0) is 0 Å². The molecule has 0 aliphatic heterocycles. The number of nitrogens with one attached hydrogen (secondary N) is 1. The third-order valence-corrected chi connectivity index (χ3v) is 2.61. The first-order valence-electron chi connectivity index (χ1n) is 4.99. The van der Waals surface area contributed by atoms with Crippen molar-refractivity contribution in [1.82, 2.24) is 5.32 Å². The second kappa shape index (κ2) is 6.07. The van der Waals surface area contributed by atoms with Crippen LogP contribution >= 0.6 is 15.9 Å². The fourth-order valence-electron chi connectivity index (χ4n) is 1.18. The molecular formula is C11H12BrF2NO2. The third kappa shape index (κ3) is 3.74. The molecule has 0 aliphatic rings. The molecule has 94 valence electrons. The van der Waals surface area contributed by atoms with E-state index in [-0.39, 0.29) is 23.5 Å². The fraction of sp³-hybridized carbons (Fsp3) is 0.364. The van der Waals surface area contributed by atoms with E-state index in [1.807, 2.05) is 0 Å². The highest BCUT2D eigenvalue weighted by Crippen LogP contribution is 2.19. The van der Waals surface area contributed by atoms with Gasteiger partial charge in [-0.15, -0.1) is 0 Å². The predicted octanol–water partition coefficient (Wildman–Crippen LogP) is 2.09. The van der Waals surface area contributed by atoms with Crippen molar-refractivity contribution in [2.45, 2.75) is 6.92 Å². The summed E-state index contributed by atoms with van der Waals surface area (Å²) in [5.41, 5.74) is -0.613. The molecular weight excluding hydrogens is 296 g/mol. The van der Waals surface area contributed by atoms with Gasteiger partial charge in [0.25, 0.3) is 5.91 Å². The summed E-state index contributed by atoms with van der Waals surface area (Å²) < 4.78 is 27.0. The monoisotopic (exact) mass is 307 g/mol. The Labute approximate surface area is 106 Å². The number of amides is 1. The van der Waals surface area contributed by atoms with Gasteiger partial charge in [-0.1, -0.05) is 22.9 Å². The van der Waals surface area contributed by atoms with Crippen LogP contribution in [0.4, 0.5) is 8.78 Å². The predicted molar refractivity (Wildman–Crippen MR) is 62.6 cm³/mol. The van der Waals surface area contributed by atoms with E-state index < -0.39 is 23.1 Å². The smallest absolute Gasteiger partial charge is 0.257 e. The first kappa shape index (κ1) is 14.1. The average Bonchev–Trinajstić information content (AvgIpc) is 2.24. The first-order valence-corrected chi connectivity index (χ1v) is 5.78. The highest BCUT2D eigenvalue weighted by molar-refractivity contribution is 9.10. The molecule has 0 fully saturated rings. The van der Waals surface area contributed by atoms with Crippen molar-refractivity contribution in [3.63, 3.8) is 0 Å². The van der Waals surface area contributed by atoms with Gasteiger partial charge in [-0.25, -0.2) is 8.78 Å². The number of benzene rings is 1. The van der Waals surface area contributed by atoms with E-state index in [0.717, 1.165) is 12.1 Å². The lowest BCUT2D eigenvalue weighted by atomic mass is 10.1. The highest BCUT2D eigenvalue weighted by Gasteiger charge is 2.18. The SMILES string of the molecule is CC(CO)CNC(=O)c1c(F)cc(Br)cc1F. The maximum absolute atomic E-state index is 13.4. The van der Waals surface area contributed by atoms with Crippen LogP contribution in [0.15, 0.2) is 16.6 Å². The third-order valence-electron chi connectivity index (χ3n) is 2.16. The molecule has 0 radical (unpaired) electrons. The molecule has 0 heterocycles. The Morgan fingerprint density at radius 3 is 2.47 bits per heavy atom. The summed E-state index contributed by atoms with van der Waals surface area (Å²) in [7, 11) is 0. The van der Waals surface area contributed by atoms with Gasteiger partial charge in [0.15, 0.2) is 0 Å². The molecule has 0 saturated heterocycles. The summed E-state index contributed by atoms with van der Waals surface area (Å²) in [6, 6.07) is 2.04. The highest BCUT2D eigenvalue weighted by atomic mass is 79.9. The van der Waals surface area contributed by atoms with Crippen LogP contribution in [0.5, 0.6) is 0 Å². The van der Waals surface area contributed by atoms with E-state index in [4.69, 9.17) is 5.11 Å². The molecule has 2 N–H and O–H groups in total. The van der Waals surface area contributed by atoms with Gasteiger partial charge in [0, 0.05) is 17.6 Å². The minimum absolute atomic E-state index is 0.106. The van der Waals surface area contributed by atoms with Crippen LogP contribution in [0, 0.1) is 17.6 Å². The summed E-state index contributed by atoms with van der Waals surface area (Å²) in [6.45, 7) is 1.75. The Kier molecular flexibility index (Phi) is 5.02. The summed E-state index contributed by atoms with van der Waals surface area (Å²) in [5.74, 6) is -2.84. The average molecular weight is 308 g/mol. The van der Waals surface area contributed by atoms with Crippen LogP contribution < -0.4 is 5.32 Å². The van der Waals surface area contributed by atoms with Gasteiger partial charge in [-0.3, -0.25) is 4.79 Å². The van der Waals surface area contributed by atoms with Crippen molar-refractivity contribution in [3.8, 4) is 0 Å². The molecule has 17 heavy (non-hydrogen) atoms. The molecule has 6 heteroatoms. The normalized spacial score (nSPS) is 12.3. The molecule has 0 saturated carbocycles. The maximum atomic E-state index is 13.4. The van der Waals surface area contributed by atoms with Gasteiger partial charge in [0.2, 0.25) is 0 Å². The summed E-state index contributed by atoms with van der Waals surface area (Å²) in [6.07, 6.45) is 0. The number of carbonyl (C=O) groups is 1. The summed E-state index contributed by atoms with van der Waals surface area (Å²) in [4.78, 5) is 11.5.